The maximum atomic E-state index is 12.5. The number of amides is 1. The summed E-state index contributed by atoms with van der Waals surface area (Å²) in [6.07, 6.45) is 8.22. The Kier molecular flexibility index (Phi) is 8.61. The molecule has 1 saturated heterocycles. The summed E-state index contributed by atoms with van der Waals surface area (Å²) in [6, 6.07) is 13.1. The number of aryl methyl sites for hydroxylation is 1. The zero-order valence-electron chi connectivity index (χ0n) is 19.4. The number of hydrogen-bond donors (Lipinski definition) is 1. The van der Waals surface area contributed by atoms with Crippen molar-refractivity contribution < 1.29 is 9.53 Å². The van der Waals surface area contributed by atoms with Gasteiger partial charge in [-0.25, -0.2) is 0 Å². The number of benzene rings is 1. The molecule has 168 valence electrons. The van der Waals surface area contributed by atoms with Crippen LogP contribution in [0.25, 0.3) is 11.1 Å². The Bertz CT molecular complexity index is 799. The molecule has 31 heavy (non-hydrogen) atoms. The second-order valence-corrected chi connectivity index (χ2v) is 9.06. The van der Waals surface area contributed by atoms with Gasteiger partial charge in [0.05, 0.1) is 12.2 Å². The van der Waals surface area contributed by atoms with Gasteiger partial charge < -0.3 is 15.0 Å². The van der Waals surface area contributed by atoms with E-state index in [1.54, 1.807) is 6.20 Å². The lowest BCUT2D eigenvalue weighted by atomic mass is 9.97. The minimum absolute atomic E-state index is 0.0165. The predicted molar refractivity (Wildman–Crippen MR) is 126 cm³/mol. The van der Waals surface area contributed by atoms with Crippen LogP contribution >= 0.6 is 0 Å². The van der Waals surface area contributed by atoms with Crippen LogP contribution in [0.15, 0.2) is 48.8 Å². The summed E-state index contributed by atoms with van der Waals surface area (Å²) in [7, 11) is 2.13. The average Bonchev–Trinajstić information content (AvgIpc) is 2.77. The number of ether oxygens (including phenoxy) is 1. The van der Waals surface area contributed by atoms with Crippen LogP contribution in [-0.4, -0.2) is 54.2 Å². The van der Waals surface area contributed by atoms with Crippen molar-refractivity contribution in [3.05, 3.63) is 54.4 Å². The number of hydrogen-bond acceptors (Lipinski definition) is 4. The van der Waals surface area contributed by atoms with Crippen molar-refractivity contribution in [1.82, 2.24) is 15.2 Å². The Morgan fingerprint density at radius 3 is 2.52 bits per heavy atom. The third kappa shape index (κ3) is 7.15. The number of carbonyl (C=O) groups is 1. The van der Waals surface area contributed by atoms with E-state index in [4.69, 9.17) is 4.74 Å². The van der Waals surface area contributed by atoms with Gasteiger partial charge in [-0.05, 0) is 69.3 Å². The lowest BCUT2D eigenvalue weighted by molar-refractivity contribution is -0.125. The molecule has 1 aliphatic rings. The number of nitrogens with zero attached hydrogens (tertiary/aromatic N) is 2. The number of nitrogens with one attached hydrogen (secondary N) is 1. The molecule has 1 fully saturated rings. The van der Waals surface area contributed by atoms with Crippen LogP contribution in [-0.2, 0) is 16.0 Å². The summed E-state index contributed by atoms with van der Waals surface area (Å²) in [4.78, 5) is 19.0. The molecule has 1 amide bonds. The van der Waals surface area contributed by atoms with Crippen LogP contribution in [0.5, 0.6) is 0 Å². The summed E-state index contributed by atoms with van der Waals surface area (Å²) >= 11 is 0. The number of pyridine rings is 1. The molecule has 1 aromatic carbocycles. The molecule has 5 heteroatoms. The van der Waals surface area contributed by atoms with Gasteiger partial charge in [0.25, 0.3) is 0 Å². The standard InChI is InChI=1S/C26H37N3O2/c1-19(18-29(4)25-15-20(2)31-21(3)16-25)26(30)28-14-5-7-22-9-11-23(12-10-22)24-8-6-13-27-17-24/h6,8-13,17,19-21,25H,5,7,14-16,18H2,1-4H3,(H,28,30). The maximum absolute atomic E-state index is 12.5. The molecule has 0 bridgehead atoms. The highest BCUT2D eigenvalue weighted by atomic mass is 16.5. The number of rotatable bonds is 9. The number of carbonyl (C=O) groups excluding carboxylic acids is 1. The van der Waals surface area contributed by atoms with Gasteiger partial charge in [0.2, 0.25) is 5.91 Å². The Hall–Kier alpha value is -2.24. The largest absolute Gasteiger partial charge is 0.375 e. The van der Waals surface area contributed by atoms with Crippen LogP contribution in [0.4, 0.5) is 0 Å². The van der Waals surface area contributed by atoms with E-state index in [2.05, 4.69) is 66.4 Å². The van der Waals surface area contributed by atoms with E-state index in [0.29, 0.717) is 24.8 Å². The third-order valence-corrected chi connectivity index (χ3v) is 6.20. The van der Waals surface area contributed by atoms with Crippen molar-refractivity contribution in [3.8, 4) is 11.1 Å². The van der Waals surface area contributed by atoms with E-state index >= 15 is 0 Å². The molecule has 0 saturated carbocycles. The molecule has 1 aliphatic heterocycles. The van der Waals surface area contributed by atoms with Crippen LogP contribution in [0.1, 0.15) is 45.6 Å². The lowest BCUT2D eigenvalue weighted by Gasteiger charge is -2.38. The van der Waals surface area contributed by atoms with Crippen molar-refractivity contribution >= 4 is 5.91 Å². The van der Waals surface area contributed by atoms with Gasteiger partial charge in [-0.1, -0.05) is 37.3 Å². The molecule has 3 rings (SSSR count). The fourth-order valence-electron chi connectivity index (χ4n) is 4.47. The molecule has 0 aliphatic carbocycles. The van der Waals surface area contributed by atoms with Crippen molar-refractivity contribution in [2.24, 2.45) is 5.92 Å². The van der Waals surface area contributed by atoms with E-state index in [-0.39, 0.29) is 11.8 Å². The molecular formula is C26H37N3O2. The SMILES string of the molecule is CC1CC(N(C)CC(C)C(=O)NCCCc2ccc(-c3cccnc3)cc2)CC(C)O1. The van der Waals surface area contributed by atoms with Gasteiger partial charge in [-0.15, -0.1) is 0 Å². The van der Waals surface area contributed by atoms with Gasteiger partial charge in [-0.3, -0.25) is 9.78 Å². The average molecular weight is 424 g/mol. The maximum Gasteiger partial charge on any atom is 0.224 e. The molecule has 0 spiro atoms. The van der Waals surface area contributed by atoms with Crippen molar-refractivity contribution in [3.63, 3.8) is 0 Å². The lowest BCUT2D eigenvalue weighted by Crippen LogP contribution is -2.45. The summed E-state index contributed by atoms with van der Waals surface area (Å²) in [6.45, 7) is 7.79. The molecule has 1 aromatic heterocycles. The Morgan fingerprint density at radius 2 is 1.87 bits per heavy atom. The third-order valence-electron chi connectivity index (χ3n) is 6.20. The van der Waals surface area contributed by atoms with Crippen molar-refractivity contribution in [1.29, 1.82) is 0 Å². The fourth-order valence-corrected chi connectivity index (χ4v) is 4.47. The molecule has 0 radical (unpaired) electrons. The summed E-state index contributed by atoms with van der Waals surface area (Å²) in [5.41, 5.74) is 3.60. The Balaban J connectivity index is 1.36. The molecule has 3 atom stereocenters. The predicted octanol–water partition coefficient (Wildman–Crippen LogP) is 4.32. The first kappa shape index (κ1) is 23.4. The summed E-state index contributed by atoms with van der Waals surface area (Å²) in [5, 5.41) is 3.12. The second-order valence-electron chi connectivity index (χ2n) is 9.06. The van der Waals surface area contributed by atoms with E-state index in [1.165, 1.54) is 11.1 Å². The zero-order valence-corrected chi connectivity index (χ0v) is 19.4. The summed E-state index contributed by atoms with van der Waals surface area (Å²) < 4.78 is 5.84. The first-order valence-electron chi connectivity index (χ1n) is 11.5. The molecule has 2 heterocycles. The van der Waals surface area contributed by atoms with Gasteiger partial charge in [0.15, 0.2) is 0 Å². The Labute approximate surface area is 187 Å². The minimum Gasteiger partial charge on any atom is -0.375 e. The van der Waals surface area contributed by atoms with Crippen molar-refractivity contribution in [2.45, 2.75) is 64.7 Å². The normalized spacial score (nSPS) is 22.3. The highest BCUT2D eigenvalue weighted by molar-refractivity contribution is 5.78. The van der Waals surface area contributed by atoms with Crippen LogP contribution in [0.2, 0.25) is 0 Å². The molecule has 1 N–H and O–H groups in total. The van der Waals surface area contributed by atoms with E-state index in [1.807, 2.05) is 19.2 Å². The molecule has 3 unspecified atom stereocenters. The first-order chi connectivity index (χ1) is 14.9. The van der Waals surface area contributed by atoms with E-state index < -0.39 is 0 Å². The number of aromatic nitrogens is 1. The van der Waals surface area contributed by atoms with E-state index in [0.717, 1.165) is 37.8 Å². The first-order valence-corrected chi connectivity index (χ1v) is 11.5. The summed E-state index contributed by atoms with van der Waals surface area (Å²) in [5.74, 6) is 0.129. The van der Waals surface area contributed by atoms with E-state index in [9.17, 15) is 4.79 Å². The quantitative estimate of drug-likeness (QED) is 0.610. The van der Waals surface area contributed by atoms with Crippen LogP contribution in [0, 0.1) is 5.92 Å². The van der Waals surface area contributed by atoms with Gasteiger partial charge in [-0.2, -0.15) is 0 Å². The highest BCUT2D eigenvalue weighted by Gasteiger charge is 2.28. The van der Waals surface area contributed by atoms with Gasteiger partial charge in [0, 0.05) is 37.4 Å². The van der Waals surface area contributed by atoms with Gasteiger partial charge >= 0.3 is 0 Å². The molecule has 5 nitrogen and oxygen atoms in total. The van der Waals surface area contributed by atoms with Crippen LogP contribution in [0.3, 0.4) is 0 Å². The van der Waals surface area contributed by atoms with Crippen molar-refractivity contribution in [2.75, 3.05) is 20.1 Å². The van der Waals surface area contributed by atoms with Crippen LogP contribution < -0.4 is 5.32 Å². The zero-order chi connectivity index (χ0) is 22.2. The minimum atomic E-state index is -0.0165. The molecular weight excluding hydrogens is 386 g/mol. The monoisotopic (exact) mass is 423 g/mol. The second kappa shape index (κ2) is 11.4. The molecule has 2 aromatic rings. The smallest absolute Gasteiger partial charge is 0.224 e. The Morgan fingerprint density at radius 1 is 1.16 bits per heavy atom. The highest BCUT2D eigenvalue weighted by Crippen LogP contribution is 2.23. The fraction of sp³-hybridized carbons (Fsp3) is 0.538. The van der Waals surface area contributed by atoms with Gasteiger partial charge in [0.1, 0.15) is 0 Å². The topological polar surface area (TPSA) is 54.5 Å².